The molecule has 0 heterocycles. The highest BCUT2D eigenvalue weighted by Gasteiger charge is 2.48. The Labute approximate surface area is 247 Å². The lowest BCUT2D eigenvalue weighted by Gasteiger charge is -2.52. The average molecular weight is 567 g/mol. The fraction of sp³-hybridized carbons (Fsp3) is 0.368. The first kappa shape index (κ1) is 30.7. The molecule has 0 fully saturated rings. The molecular weight excluding hydrogens is 518 g/mol. The normalized spacial score (nSPS) is 15.6. The lowest BCUT2D eigenvalue weighted by atomic mass is 9.62. The van der Waals surface area contributed by atoms with Gasteiger partial charge in [-0.2, -0.15) is 0 Å². The summed E-state index contributed by atoms with van der Waals surface area (Å²) >= 11 is 0. The van der Waals surface area contributed by atoms with E-state index in [1.165, 1.54) is 21.2 Å². The van der Waals surface area contributed by atoms with Crippen molar-refractivity contribution in [3.63, 3.8) is 0 Å². The Balaban J connectivity index is 1.89. The van der Waals surface area contributed by atoms with E-state index in [0.717, 1.165) is 0 Å². The molecule has 0 aromatic heterocycles. The van der Waals surface area contributed by atoms with Crippen LogP contribution in [-0.4, -0.2) is 11.3 Å². The molecule has 40 heavy (non-hydrogen) atoms. The van der Waals surface area contributed by atoms with Crippen molar-refractivity contribution in [3.8, 4) is 0 Å². The number of hydrogen-bond donors (Lipinski definition) is 0. The zero-order valence-electron chi connectivity index (χ0n) is 25.8. The molecule has 0 spiro atoms. The molecule has 0 aliphatic rings. The molecule has 2 heteroatoms. The Kier molecular flexibility index (Phi) is 10.1. The lowest BCUT2D eigenvalue weighted by Crippen LogP contribution is -2.48. The van der Waals surface area contributed by atoms with Crippen molar-refractivity contribution in [1.29, 1.82) is 0 Å². The molecule has 4 rings (SSSR count). The maximum absolute atomic E-state index is 2.57. The molecule has 0 unspecified atom stereocenters. The van der Waals surface area contributed by atoms with Gasteiger partial charge < -0.3 is 0 Å². The Hall–Kier alpha value is -2.26. The zero-order chi connectivity index (χ0) is 28.9. The first-order chi connectivity index (χ1) is 19.0. The predicted octanol–water partition coefficient (Wildman–Crippen LogP) is 9.35. The molecule has 4 atom stereocenters. The van der Waals surface area contributed by atoms with Gasteiger partial charge in [0.05, 0.1) is 0 Å². The summed E-state index contributed by atoms with van der Waals surface area (Å²) < 4.78 is 0. The molecule has 0 saturated carbocycles. The first-order valence-corrected chi connectivity index (χ1v) is 17.6. The highest BCUT2D eigenvalue weighted by atomic mass is 31.1. The molecule has 0 bridgehead atoms. The van der Waals surface area contributed by atoms with Crippen LogP contribution in [-0.2, 0) is 0 Å². The SMILES string of the molecule is C[C@H]([C@H]([C@@H]([C@@H](C)P(c1ccccc1)c1ccccc1)C(C)(C)C)C(C)(C)C)P(c1ccccc1)c1ccccc1. The van der Waals surface area contributed by atoms with Crippen LogP contribution in [0, 0.1) is 22.7 Å². The van der Waals surface area contributed by atoms with Crippen LogP contribution in [0.5, 0.6) is 0 Å². The molecule has 0 saturated heterocycles. The van der Waals surface area contributed by atoms with E-state index >= 15 is 0 Å². The summed E-state index contributed by atoms with van der Waals surface area (Å²) in [6.45, 7) is 20.1. The number of rotatable bonds is 9. The Morgan fingerprint density at radius 3 is 0.750 bits per heavy atom. The van der Waals surface area contributed by atoms with Gasteiger partial charge in [0.15, 0.2) is 0 Å². The van der Waals surface area contributed by atoms with Gasteiger partial charge in [0.2, 0.25) is 0 Å². The smallest absolute Gasteiger partial charge is 0.0121 e. The van der Waals surface area contributed by atoms with Crippen LogP contribution in [0.15, 0.2) is 121 Å². The summed E-state index contributed by atoms with van der Waals surface area (Å²) in [5.41, 5.74) is 1.30. The van der Waals surface area contributed by atoms with Crippen molar-refractivity contribution >= 4 is 37.1 Å². The van der Waals surface area contributed by atoms with Crippen molar-refractivity contribution in [2.45, 2.75) is 66.7 Å². The standard InChI is InChI=1S/C38H48P2/c1-29(39(31-21-13-9-14-22-31)32-23-15-10-16-24-32)35(37(3,4)5)36(38(6,7)8)30(2)40(33-25-17-11-18-26-33)34-27-19-12-20-28-34/h9-30,35-36H,1-8H3/t29-,30-,35-,36-/m1/s1. The molecular formula is C38H48P2. The van der Waals surface area contributed by atoms with Crippen LogP contribution in [0.25, 0.3) is 0 Å². The van der Waals surface area contributed by atoms with Crippen molar-refractivity contribution < 1.29 is 0 Å². The van der Waals surface area contributed by atoms with E-state index in [9.17, 15) is 0 Å². The van der Waals surface area contributed by atoms with E-state index in [1.54, 1.807) is 0 Å². The van der Waals surface area contributed by atoms with Gasteiger partial charge in [0.1, 0.15) is 0 Å². The molecule has 0 N–H and O–H groups in total. The van der Waals surface area contributed by atoms with Gasteiger partial charge in [0, 0.05) is 0 Å². The Morgan fingerprint density at radius 1 is 0.375 bits per heavy atom. The third-order valence-corrected chi connectivity index (χ3v) is 14.1. The number of benzene rings is 4. The van der Waals surface area contributed by atoms with Crippen LogP contribution in [0.2, 0.25) is 0 Å². The summed E-state index contributed by atoms with van der Waals surface area (Å²) in [5.74, 6) is 1.04. The minimum absolute atomic E-state index is 0.143. The third-order valence-electron chi connectivity index (χ3n) is 8.38. The van der Waals surface area contributed by atoms with Crippen LogP contribution >= 0.6 is 15.8 Å². The lowest BCUT2D eigenvalue weighted by molar-refractivity contribution is 0.0713. The van der Waals surface area contributed by atoms with Crippen LogP contribution in [0.3, 0.4) is 0 Å². The molecule has 0 aliphatic heterocycles. The summed E-state index contributed by atoms with van der Waals surface area (Å²) in [6.07, 6.45) is 0. The average Bonchev–Trinajstić information content (AvgIpc) is 2.93. The third kappa shape index (κ3) is 7.14. The maximum atomic E-state index is 2.57. The minimum Gasteiger partial charge on any atom is -0.0622 e. The van der Waals surface area contributed by atoms with Crippen molar-refractivity contribution in [2.24, 2.45) is 22.7 Å². The zero-order valence-corrected chi connectivity index (χ0v) is 27.5. The van der Waals surface area contributed by atoms with Crippen molar-refractivity contribution in [2.75, 3.05) is 0 Å². The summed E-state index contributed by atoms with van der Waals surface area (Å²) in [7, 11) is -1.08. The molecule has 0 amide bonds. The highest BCUT2D eigenvalue weighted by Crippen LogP contribution is 2.58. The van der Waals surface area contributed by atoms with Crippen molar-refractivity contribution in [3.05, 3.63) is 121 Å². The molecule has 0 aliphatic carbocycles. The van der Waals surface area contributed by atoms with Gasteiger partial charge in [0.25, 0.3) is 0 Å². The Morgan fingerprint density at radius 2 is 0.575 bits per heavy atom. The fourth-order valence-corrected chi connectivity index (χ4v) is 13.4. The molecule has 0 radical (unpaired) electrons. The summed E-state index contributed by atoms with van der Waals surface area (Å²) in [6, 6.07) is 45.3. The molecule has 210 valence electrons. The van der Waals surface area contributed by atoms with Gasteiger partial charge in [-0.1, -0.05) is 177 Å². The quantitative estimate of drug-likeness (QED) is 0.177. The van der Waals surface area contributed by atoms with E-state index in [4.69, 9.17) is 0 Å². The molecule has 4 aromatic carbocycles. The second kappa shape index (κ2) is 13.1. The van der Waals surface area contributed by atoms with E-state index < -0.39 is 15.8 Å². The highest BCUT2D eigenvalue weighted by molar-refractivity contribution is 7.74. The summed E-state index contributed by atoms with van der Waals surface area (Å²) in [5, 5.41) is 5.94. The van der Waals surface area contributed by atoms with E-state index in [-0.39, 0.29) is 10.8 Å². The number of hydrogen-bond acceptors (Lipinski definition) is 0. The second-order valence-electron chi connectivity index (χ2n) is 13.3. The van der Waals surface area contributed by atoms with Crippen LogP contribution in [0.4, 0.5) is 0 Å². The maximum Gasteiger partial charge on any atom is -0.0121 e. The van der Waals surface area contributed by atoms with E-state index in [1.807, 2.05) is 0 Å². The molecule has 4 aromatic rings. The predicted molar refractivity (Wildman–Crippen MR) is 183 cm³/mol. The second-order valence-corrected chi connectivity index (χ2v) is 18.5. The van der Waals surface area contributed by atoms with Gasteiger partial charge in [-0.05, 0) is 71.0 Å². The topological polar surface area (TPSA) is 0 Å². The van der Waals surface area contributed by atoms with Gasteiger partial charge in [-0.15, -0.1) is 0 Å². The van der Waals surface area contributed by atoms with Crippen LogP contribution in [0.1, 0.15) is 55.4 Å². The van der Waals surface area contributed by atoms with Gasteiger partial charge >= 0.3 is 0 Å². The fourth-order valence-electron chi connectivity index (χ4n) is 7.04. The van der Waals surface area contributed by atoms with Gasteiger partial charge in [-0.25, -0.2) is 0 Å². The van der Waals surface area contributed by atoms with Gasteiger partial charge in [-0.3, -0.25) is 0 Å². The largest absolute Gasteiger partial charge is 0.0622 e. The van der Waals surface area contributed by atoms with Crippen LogP contribution < -0.4 is 21.2 Å². The molecule has 0 nitrogen and oxygen atoms in total. The van der Waals surface area contributed by atoms with Crippen molar-refractivity contribution in [1.82, 2.24) is 0 Å². The van der Waals surface area contributed by atoms with E-state index in [0.29, 0.717) is 23.2 Å². The first-order valence-electron chi connectivity index (χ1n) is 14.8. The summed E-state index contributed by atoms with van der Waals surface area (Å²) in [4.78, 5) is 0. The minimum atomic E-state index is -0.541. The van der Waals surface area contributed by atoms with E-state index in [2.05, 4.69) is 177 Å². The Bertz CT molecular complexity index is 1100. The monoisotopic (exact) mass is 566 g/mol.